The van der Waals surface area contributed by atoms with Gasteiger partial charge in [-0.2, -0.15) is 0 Å². The number of hydrogen-bond acceptors (Lipinski definition) is 2. The minimum Gasteiger partial charge on any atom is -0.322 e. The summed E-state index contributed by atoms with van der Waals surface area (Å²) in [5, 5.41) is 4.83. The molecule has 1 N–H and O–H groups in total. The maximum absolute atomic E-state index is 12.4. The van der Waals surface area contributed by atoms with Crippen LogP contribution in [0.1, 0.15) is 15.9 Å². The van der Waals surface area contributed by atoms with E-state index in [9.17, 15) is 4.79 Å². The van der Waals surface area contributed by atoms with E-state index in [2.05, 4.69) is 10.3 Å². The van der Waals surface area contributed by atoms with Gasteiger partial charge in [-0.15, -0.1) is 0 Å². The van der Waals surface area contributed by atoms with E-state index in [0.717, 1.165) is 22.0 Å². The number of hydrogen-bond donors (Lipinski definition) is 1. The SMILES string of the molecule is Cc1ccccc1NC(=O)c1cccc2ccncc12. The van der Waals surface area contributed by atoms with Gasteiger partial charge in [-0.3, -0.25) is 9.78 Å². The number of amides is 1. The van der Waals surface area contributed by atoms with Crippen LogP contribution in [0.4, 0.5) is 5.69 Å². The Balaban J connectivity index is 1.99. The van der Waals surface area contributed by atoms with Crippen molar-refractivity contribution in [3.8, 4) is 0 Å². The van der Waals surface area contributed by atoms with Gasteiger partial charge in [0, 0.05) is 29.0 Å². The van der Waals surface area contributed by atoms with E-state index >= 15 is 0 Å². The smallest absolute Gasteiger partial charge is 0.256 e. The van der Waals surface area contributed by atoms with Crippen molar-refractivity contribution in [2.24, 2.45) is 0 Å². The zero-order chi connectivity index (χ0) is 13.9. The van der Waals surface area contributed by atoms with Crippen LogP contribution < -0.4 is 5.32 Å². The summed E-state index contributed by atoms with van der Waals surface area (Å²) in [4.78, 5) is 16.5. The maximum Gasteiger partial charge on any atom is 0.256 e. The normalized spacial score (nSPS) is 10.4. The lowest BCUT2D eigenvalue weighted by Crippen LogP contribution is -2.13. The highest BCUT2D eigenvalue weighted by atomic mass is 16.1. The molecule has 3 aromatic rings. The summed E-state index contributed by atoms with van der Waals surface area (Å²) in [7, 11) is 0. The van der Waals surface area contributed by atoms with Crippen molar-refractivity contribution < 1.29 is 4.79 Å². The van der Waals surface area contributed by atoms with Crippen molar-refractivity contribution in [2.45, 2.75) is 6.92 Å². The first-order valence-electron chi connectivity index (χ1n) is 6.45. The van der Waals surface area contributed by atoms with Gasteiger partial charge in [-0.05, 0) is 36.1 Å². The fourth-order valence-electron chi connectivity index (χ4n) is 2.21. The number of benzene rings is 2. The largest absolute Gasteiger partial charge is 0.322 e. The van der Waals surface area contributed by atoms with Crippen LogP contribution in [0.3, 0.4) is 0 Å². The number of para-hydroxylation sites is 1. The zero-order valence-corrected chi connectivity index (χ0v) is 11.1. The number of aromatic nitrogens is 1. The molecule has 0 aliphatic heterocycles. The third-order valence-corrected chi connectivity index (χ3v) is 3.32. The van der Waals surface area contributed by atoms with Crippen LogP contribution in [-0.2, 0) is 0 Å². The van der Waals surface area contributed by atoms with Crippen LogP contribution >= 0.6 is 0 Å². The Morgan fingerprint density at radius 1 is 1.05 bits per heavy atom. The maximum atomic E-state index is 12.4. The van der Waals surface area contributed by atoms with E-state index in [4.69, 9.17) is 0 Å². The van der Waals surface area contributed by atoms with E-state index in [1.54, 1.807) is 12.4 Å². The van der Waals surface area contributed by atoms with Crippen LogP contribution in [0.25, 0.3) is 10.8 Å². The average molecular weight is 262 g/mol. The van der Waals surface area contributed by atoms with Gasteiger partial charge in [0.1, 0.15) is 0 Å². The molecular weight excluding hydrogens is 248 g/mol. The summed E-state index contributed by atoms with van der Waals surface area (Å²) < 4.78 is 0. The predicted molar refractivity (Wildman–Crippen MR) is 80.9 cm³/mol. The molecule has 2 aromatic carbocycles. The second-order valence-corrected chi connectivity index (χ2v) is 4.67. The summed E-state index contributed by atoms with van der Waals surface area (Å²) in [5.74, 6) is -0.113. The molecule has 0 spiro atoms. The molecule has 0 bridgehead atoms. The van der Waals surface area contributed by atoms with Crippen molar-refractivity contribution in [3.05, 3.63) is 72.1 Å². The molecule has 3 rings (SSSR count). The Bertz CT molecular complexity index is 775. The van der Waals surface area contributed by atoms with E-state index < -0.39 is 0 Å². The first kappa shape index (κ1) is 12.4. The standard InChI is InChI=1S/C17H14N2O/c1-12-5-2-3-8-16(12)19-17(20)14-7-4-6-13-9-10-18-11-15(13)14/h2-11H,1H3,(H,19,20). The summed E-state index contributed by atoms with van der Waals surface area (Å²) in [6.45, 7) is 1.97. The third-order valence-electron chi connectivity index (χ3n) is 3.32. The molecule has 0 saturated heterocycles. The molecule has 3 nitrogen and oxygen atoms in total. The van der Waals surface area contributed by atoms with Crippen molar-refractivity contribution in [2.75, 3.05) is 5.32 Å². The van der Waals surface area contributed by atoms with Gasteiger partial charge in [0.05, 0.1) is 0 Å². The molecule has 1 amide bonds. The van der Waals surface area contributed by atoms with E-state index in [1.807, 2.05) is 55.5 Å². The molecule has 0 unspecified atom stereocenters. The number of carbonyl (C=O) groups excluding carboxylic acids is 1. The number of rotatable bonds is 2. The average Bonchev–Trinajstić information content (AvgIpc) is 2.49. The van der Waals surface area contributed by atoms with Gasteiger partial charge >= 0.3 is 0 Å². The van der Waals surface area contributed by atoms with Crippen LogP contribution in [-0.4, -0.2) is 10.9 Å². The number of nitrogens with zero attached hydrogens (tertiary/aromatic N) is 1. The van der Waals surface area contributed by atoms with Crippen molar-refractivity contribution in [1.82, 2.24) is 4.98 Å². The lowest BCUT2D eigenvalue weighted by atomic mass is 10.1. The van der Waals surface area contributed by atoms with Gasteiger partial charge in [0.2, 0.25) is 0 Å². The van der Waals surface area contributed by atoms with Crippen molar-refractivity contribution in [1.29, 1.82) is 0 Å². The Labute approximate surface area is 117 Å². The molecule has 98 valence electrons. The minimum absolute atomic E-state index is 0.113. The summed E-state index contributed by atoms with van der Waals surface area (Å²) in [6.07, 6.45) is 3.45. The van der Waals surface area contributed by atoms with Gasteiger partial charge in [0.15, 0.2) is 0 Å². The highest BCUT2D eigenvalue weighted by molar-refractivity contribution is 6.12. The molecule has 1 aromatic heterocycles. The Hall–Kier alpha value is -2.68. The summed E-state index contributed by atoms with van der Waals surface area (Å²) >= 11 is 0. The zero-order valence-electron chi connectivity index (χ0n) is 11.1. The quantitative estimate of drug-likeness (QED) is 0.763. The van der Waals surface area contributed by atoms with Gasteiger partial charge in [-0.25, -0.2) is 0 Å². The Kier molecular flexibility index (Phi) is 3.17. The van der Waals surface area contributed by atoms with Gasteiger partial charge < -0.3 is 5.32 Å². The number of fused-ring (bicyclic) bond motifs is 1. The van der Waals surface area contributed by atoms with Gasteiger partial charge in [-0.1, -0.05) is 30.3 Å². The molecule has 3 heteroatoms. The van der Waals surface area contributed by atoms with Crippen molar-refractivity contribution in [3.63, 3.8) is 0 Å². The molecule has 20 heavy (non-hydrogen) atoms. The number of carbonyl (C=O) groups is 1. The highest BCUT2D eigenvalue weighted by Gasteiger charge is 2.10. The van der Waals surface area contributed by atoms with Crippen LogP contribution in [0, 0.1) is 6.92 Å². The number of nitrogens with one attached hydrogen (secondary N) is 1. The number of anilines is 1. The predicted octanol–water partition coefficient (Wildman–Crippen LogP) is 3.80. The lowest BCUT2D eigenvalue weighted by molar-refractivity contribution is 0.102. The van der Waals surface area contributed by atoms with Crippen LogP contribution in [0.2, 0.25) is 0 Å². The lowest BCUT2D eigenvalue weighted by Gasteiger charge is -2.09. The van der Waals surface area contributed by atoms with Crippen molar-refractivity contribution >= 4 is 22.4 Å². The number of pyridine rings is 1. The summed E-state index contributed by atoms with van der Waals surface area (Å²) in [5.41, 5.74) is 2.51. The third kappa shape index (κ3) is 2.26. The van der Waals surface area contributed by atoms with E-state index in [0.29, 0.717) is 5.56 Å². The molecule has 0 aliphatic rings. The first-order valence-corrected chi connectivity index (χ1v) is 6.45. The summed E-state index contributed by atoms with van der Waals surface area (Å²) in [6, 6.07) is 15.3. The molecule has 0 radical (unpaired) electrons. The Morgan fingerprint density at radius 2 is 1.90 bits per heavy atom. The Morgan fingerprint density at radius 3 is 2.75 bits per heavy atom. The first-order chi connectivity index (χ1) is 9.75. The number of aryl methyl sites for hydroxylation is 1. The molecular formula is C17H14N2O. The molecule has 1 heterocycles. The molecule has 0 fully saturated rings. The minimum atomic E-state index is -0.113. The van der Waals surface area contributed by atoms with E-state index in [-0.39, 0.29) is 5.91 Å². The second-order valence-electron chi connectivity index (χ2n) is 4.67. The second kappa shape index (κ2) is 5.13. The van der Waals surface area contributed by atoms with E-state index in [1.165, 1.54) is 0 Å². The topological polar surface area (TPSA) is 42.0 Å². The van der Waals surface area contributed by atoms with Gasteiger partial charge in [0.25, 0.3) is 5.91 Å². The molecule has 0 saturated carbocycles. The molecule has 0 aliphatic carbocycles. The van der Waals surface area contributed by atoms with Crippen LogP contribution in [0.15, 0.2) is 60.9 Å². The fraction of sp³-hybridized carbons (Fsp3) is 0.0588. The highest BCUT2D eigenvalue weighted by Crippen LogP contribution is 2.20. The fourth-order valence-corrected chi connectivity index (χ4v) is 2.21. The van der Waals surface area contributed by atoms with Crippen LogP contribution in [0.5, 0.6) is 0 Å². The monoisotopic (exact) mass is 262 g/mol. The molecule has 0 atom stereocenters.